The van der Waals surface area contributed by atoms with Crippen molar-refractivity contribution in [3.63, 3.8) is 0 Å². The van der Waals surface area contributed by atoms with Gasteiger partial charge in [0.05, 0.1) is 0 Å². The summed E-state index contributed by atoms with van der Waals surface area (Å²) in [6.45, 7) is -3.17. The Labute approximate surface area is 110 Å². The van der Waals surface area contributed by atoms with Crippen LogP contribution in [0, 0.1) is 40.5 Å². The van der Waals surface area contributed by atoms with Gasteiger partial charge in [-0.1, -0.05) is 0 Å². The molecule has 0 saturated heterocycles. The molecular formula is C6H10N6O8. The SMILES string of the molecule is O=[N+]([O-])CC(CN=NCC(C[N+](=O)[O-])[N+](=O)[O-])[N+](=O)[O-]. The van der Waals surface area contributed by atoms with Gasteiger partial charge in [-0.25, -0.2) is 0 Å². The summed E-state index contributed by atoms with van der Waals surface area (Å²) >= 11 is 0. The molecule has 0 rings (SSSR count). The molecule has 20 heavy (non-hydrogen) atoms. The highest BCUT2D eigenvalue weighted by Crippen LogP contribution is 1.96. The third kappa shape index (κ3) is 7.51. The van der Waals surface area contributed by atoms with Crippen LogP contribution in [-0.4, -0.2) is 58.0 Å². The minimum absolute atomic E-state index is 0.628. The molecule has 0 aromatic heterocycles. The molecule has 0 amide bonds. The summed E-state index contributed by atoms with van der Waals surface area (Å²) in [7, 11) is 0. The molecule has 0 bridgehead atoms. The van der Waals surface area contributed by atoms with Crippen LogP contribution in [0.25, 0.3) is 0 Å². The normalized spacial score (nSPS) is 13.8. The second kappa shape index (κ2) is 8.33. The first kappa shape index (κ1) is 17.2. The molecule has 0 radical (unpaired) electrons. The summed E-state index contributed by atoms with van der Waals surface area (Å²) in [4.78, 5) is 37.5. The number of hydrogen-bond donors (Lipinski definition) is 0. The number of nitro groups is 4. The zero-order chi connectivity index (χ0) is 15.7. The number of nitrogens with zero attached hydrogens (tertiary/aromatic N) is 6. The molecule has 0 fully saturated rings. The molecule has 2 atom stereocenters. The first-order valence-corrected chi connectivity index (χ1v) is 5.07. The highest BCUT2D eigenvalue weighted by Gasteiger charge is 2.28. The fourth-order valence-electron chi connectivity index (χ4n) is 1.03. The fraction of sp³-hybridized carbons (Fsp3) is 1.00. The van der Waals surface area contributed by atoms with E-state index in [1.165, 1.54) is 0 Å². The summed E-state index contributed by atoms with van der Waals surface area (Å²) in [5, 5.41) is 47.6. The second-order valence-electron chi connectivity index (χ2n) is 3.56. The zero-order valence-electron chi connectivity index (χ0n) is 9.93. The molecule has 14 nitrogen and oxygen atoms in total. The molecule has 0 aromatic rings. The topological polar surface area (TPSA) is 197 Å². The van der Waals surface area contributed by atoms with Crippen LogP contribution in [-0.2, 0) is 0 Å². The van der Waals surface area contributed by atoms with Crippen molar-refractivity contribution in [2.45, 2.75) is 12.1 Å². The molecule has 2 unspecified atom stereocenters. The molecule has 112 valence electrons. The Morgan fingerprint density at radius 3 is 1.20 bits per heavy atom. The maximum absolute atomic E-state index is 10.4. The van der Waals surface area contributed by atoms with Crippen LogP contribution >= 0.6 is 0 Å². The minimum Gasteiger partial charge on any atom is -0.264 e. The van der Waals surface area contributed by atoms with Crippen LogP contribution in [0.1, 0.15) is 0 Å². The van der Waals surface area contributed by atoms with Gasteiger partial charge in [-0.15, -0.1) is 0 Å². The predicted octanol–water partition coefficient (Wildman–Crippen LogP) is -0.717. The van der Waals surface area contributed by atoms with E-state index < -0.39 is 58.0 Å². The molecule has 0 aliphatic carbocycles. The van der Waals surface area contributed by atoms with Gasteiger partial charge in [0.1, 0.15) is 13.1 Å². The van der Waals surface area contributed by atoms with Crippen LogP contribution in [0.5, 0.6) is 0 Å². The molecule has 0 aliphatic rings. The van der Waals surface area contributed by atoms with Gasteiger partial charge in [-0.05, 0) is 0 Å². The lowest BCUT2D eigenvalue weighted by atomic mass is 10.3. The van der Waals surface area contributed by atoms with E-state index in [-0.39, 0.29) is 0 Å². The maximum Gasteiger partial charge on any atom is 0.297 e. The molecule has 0 heterocycles. The maximum atomic E-state index is 10.4. The van der Waals surface area contributed by atoms with Gasteiger partial charge < -0.3 is 0 Å². The van der Waals surface area contributed by atoms with Gasteiger partial charge >= 0.3 is 0 Å². The Hall–Kier alpha value is -2.80. The third-order valence-electron chi connectivity index (χ3n) is 2.00. The molecule has 0 spiro atoms. The van der Waals surface area contributed by atoms with E-state index in [1.807, 2.05) is 0 Å². The van der Waals surface area contributed by atoms with Crippen LogP contribution < -0.4 is 0 Å². The monoisotopic (exact) mass is 294 g/mol. The van der Waals surface area contributed by atoms with E-state index in [1.54, 1.807) is 0 Å². The lowest BCUT2D eigenvalue weighted by Crippen LogP contribution is -2.32. The average molecular weight is 294 g/mol. The van der Waals surface area contributed by atoms with Crippen molar-refractivity contribution in [3.05, 3.63) is 40.5 Å². The summed E-state index contributed by atoms with van der Waals surface area (Å²) in [5.74, 6) is 0. The van der Waals surface area contributed by atoms with Crippen molar-refractivity contribution in [2.75, 3.05) is 26.2 Å². The quantitative estimate of drug-likeness (QED) is 0.285. The standard InChI is InChI=1S/C6H10N6O8/c13-9(14)3-5(11(17)18)1-7-8-2-6(12(19)20)4-10(15)16/h5-6H,1-4H2. The average Bonchev–Trinajstić information content (AvgIpc) is 2.29. The zero-order valence-corrected chi connectivity index (χ0v) is 9.93. The van der Waals surface area contributed by atoms with Crippen molar-refractivity contribution in [1.82, 2.24) is 0 Å². The molecular weight excluding hydrogens is 284 g/mol. The van der Waals surface area contributed by atoms with E-state index in [0.717, 1.165) is 0 Å². The van der Waals surface area contributed by atoms with E-state index in [0.29, 0.717) is 0 Å². The first-order chi connectivity index (χ1) is 9.23. The number of hydrogen-bond acceptors (Lipinski definition) is 10. The smallest absolute Gasteiger partial charge is 0.264 e. The van der Waals surface area contributed by atoms with Crippen LogP contribution in [0.15, 0.2) is 10.2 Å². The van der Waals surface area contributed by atoms with Gasteiger partial charge in [-0.3, -0.25) is 40.5 Å². The van der Waals surface area contributed by atoms with Crippen molar-refractivity contribution in [2.24, 2.45) is 10.2 Å². The second-order valence-corrected chi connectivity index (χ2v) is 3.56. The van der Waals surface area contributed by atoms with Crippen LogP contribution in [0.4, 0.5) is 0 Å². The van der Waals surface area contributed by atoms with E-state index in [2.05, 4.69) is 10.2 Å². The Morgan fingerprint density at radius 2 is 1.00 bits per heavy atom. The molecule has 0 aliphatic heterocycles. The highest BCUT2D eigenvalue weighted by atomic mass is 16.6. The molecule has 14 heteroatoms. The lowest BCUT2D eigenvalue weighted by molar-refractivity contribution is -0.586. The Bertz CT molecular complexity index is 386. The Kier molecular flexibility index (Phi) is 7.16. The van der Waals surface area contributed by atoms with E-state index in [4.69, 9.17) is 0 Å². The molecule has 0 saturated carbocycles. The number of azo groups is 1. The molecule has 0 aromatic carbocycles. The van der Waals surface area contributed by atoms with Crippen LogP contribution in [0.2, 0.25) is 0 Å². The van der Waals surface area contributed by atoms with Crippen molar-refractivity contribution in [1.29, 1.82) is 0 Å². The van der Waals surface area contributed by atoms with Gasteiger partial charge in [0.2, 0.25) is 0 Å². The van der Waals surface area contributed by atoms with E-state index >= 15 is 0 Å². The van der Waals surface area contributed by atoms with Crippen molar-refractivity contribution < 1.29 is 19.7 Å². The van der Waals surface area contributed by atoms with Gasteiger partial charge in [0, 0.05) is 19.7 Å². The summed E-state index contributed by atoms with van der Waals surface area (Å²) in [5.41, 5.74) is 0. The van der Waals surface area contributed by atoms with Crippen LogP contribution in [0.3, 0.4) is 0 Å². The summed E-state index contributed by atoms with van der Waals surface area (Å²) in [6.07, 6.45) is 0. The summed E-state index contributed by atoms with van der Waals surface area (Å²) < 4.78 is 0. The lowest BCUT2D eigenvalue weighted by Gasteiger charge is -2.02. The largest absolute Gasteiger partial charge is 0.297 e. The Balaban J connectivity index is 4.39. The Morgan fingerprint density at radius 1 is 0.700 bits per heavy atom. The highest BCUT2D eigenvalue weighted by molar-refractivity contribution is 4.60. The van der Waals surface area contributed by atoms with Crippen molar-refractivity contribution in [3.8, 4) is 0 Å². The number of rotatable bonds is 10. The van der Waals surface area contributed by atoms with E-state index in [9.17, 15) is 40.5 Å². The fourth-order valence-corrected chi connectivity index (χ4v) is 1.03. The van der Waals surface area contributed by atoms with Gasteiger partial charge in [0.15, 0.2) is 0 Å². The predicted molar refractivity (Wildman–Crippen MR) is 59.9 cm³/mol. The first-order valence-electron chi connectivity index (χ1n) is 5.07. The van der Waals surface area contributed by atoms with Gasteiger partial charge in [0.25, 0.3) is 25.2 Å². The third-order valence-corrected chi connectivity index (χ3v) is 2.00. The minimum atomic E-state index is -1.60. The van der Waals surface area contributed by atoms with Crippen molar-refractivity contribution >= 4 is 0 Å². The van der Waals surface area contributed by atoms with Gasteiger partial charge in [-0.2, -0.15) is 10.2 Å². The molecule has 0 N–H and O–H groups in total. The summed E-state index contributed by atoms with van der Waals surface area (Å²) in [6, 6.07) is -3.20.